The molecule has 7 nitrogen and oxygen atoms in total. The molecule has 0 bridgehead atoms. The minimum Gasteiger partial charge on any atom is -0.473 e. The fraction of sp³-hybridized carbons (Fsp3) is 0.312. The third-order valence-corrected chi connectivity index (χ3v) is 3.76. The highest BCUT2D eigenvalue weighted by Gasteiger charge is 2.19. The van der Waals surface area contributed by atoms with E-state index in [0.717, 1.165) is 24.8 Å². The van der Waals surface area contributed by atoms with Crippen molar-refractivity contribution < 1.29 is 19.8 Å². The van der Waals surface area contributed by atoms with Gasteiger partial charge in [0, 0.05) is 22.6 Å². The number of benzene rings is 1. The van der Waals surface area contributed by atoms with Gasteiger partial charge in [-0.1, -0.05) is 6.07 Å². The molecule has 0 fully saturated rings. The lowest BCUT2D eigenvalue weighted by Gasteiger charge is -2.18. The summed E-state index contributed by atoms with van der Waals surface area (Å²) < 4.78 is 0. The molecule has 23 heavy (non-hydrogen) atoms. The highest BCUT2D eigenvalue weighted by Crippen LogP contribution is 2.29. The molecule has 1 heterocycles. The number of H-pyrrole nitrogens is 1. The number of nitrogens with two attached hydrogens (primary N) is 1. The molecule has 1 aliphatic carbocycles. The molecule has 0 radical (unpaired) electrons. The minimum absolute atomic E-state index is 0.279. The van der Waals surface area contributed by atoms with Crippen molar-refractivity contribution >= 4 is 22.8 Å². The first-order valence-corrected chi connectivity index (χ1v) is 7.13. The number of aromatic nitrogens is 1. The molecule has 0 spiro atoms. The molecule has 1 atom stereocenters. The fourth-order valence-corrected chi connectivity index (χ4v) is 2.69. The van der Waals surface area contributed by atoms with Gasteiger partial charge in [-0.05, 0) is 42.5 Å². The average molecular weight is 315 g/mol. The second kappa shape index (κ2) is 6.94. The Morgan fingerprint density at radius 1 is 1.35 bits per heavy atom. The van der Waals surface area contributed by atoms with Crippen LogP contribution >= 0.6 is 0 Å². The van der Waals surface area contributed by atoms with E-state index in [1.807, 2.05) is 6.07 Å². The molecular formula is C16H17N3O4. The van der Waals surface area contributed by atoms with Crippen molar-refractivity contribution in [3.8, 4) is 6.07 Å². The van der Waals surface area contributed by atoms with Crippen LogP contribution in [0.3, 0.4) is 0 Å². The number of nitriles is 1. The lowest BCUT2D eigenvalue weighted by molar-refractivity contribution is -0.159. The summed E-state index contributed by atoms with van der Waals surface area (Å²) in [5, 5.41) is 24.8. The number of carboxylic acids is 2. The van der Waals surface area contributed by atoms with Crippen LogP contribution in [0, 0.1) is 11.3 Å². The third-order valence-electron chi connectivity index (χ3n) is 3.76. The van der Waals surface area contributed by atoms with Crippen molar-refractivity contribution in [2.45, 2.75) is 31.7 Å². The van der Waals surface area contributed by atoms with E-state index < -0.39 is 11.9 Å². The molecule has 0 saturated heterocycles. The van der Waals surface area contributed by atoms with E-state index in [2.05, 4.69) is 23.2 Å². The Balaban J connectivity index is 0.000000277. The number of aromatic amines is 1. The van der Waals surface area contributed by atoms with Crippen LogP contribution in [0.1, 0.15) is 23.2 Å². The summed E-state index contributed by atoms with van der Waals surface area (Å²) >= 11 is 0. The molecule has 120 valence electrons. The molecule has 1 aliphatic rings. The van der Waals surface area contributed by atoms with Crippen LogP contribution in [-0.2, 0) is 28.9 Å². The smallest absolute Gasteiger partial charge is 0.414 e. The maximum Gasteiger partial charge on any atom is 0.414 e. The maximum atomic E-state index is 9.10. The maximum absolute atomic E-state index is 9.10. The zero-order chi connectivity index (χ0) is 17.0. The largest absolute Gasteiger partial charge is 0.473 e. The Labute approximate surface area is 132 Å². The number of carbonyl (C=O) groups is 2. The summed E-state index contributed by atoms with van der Waals surface area (Å²) in [7, 11) is 0. The molecule has 0 saturated carbocycles. The van der Waals surface area contributed by atoms with Crippen molar-refractivity contribution in [3.63, 3.8) is 0 Å². The molecule has 1 unspecified atom stereocenters. The van der Waals surface area contributed by atoms with Crippen molar-refractivity contribution in [1.29, 1.82) is 5.26 Å². The average Bonchev–Trinajstić information content (AvgIpc) is 2.85. The van der Waals surface area contributed by atoms with Crippen molar-refractivity contribution in [2.24, 2.45) is 5.73 Å². The normalized spacial score (nSPS) is 15.9. The molecule has 0 amide bonds. The van der Waals surface area contributed by atoms with Crippen LogP contribution in [0.4, 0.5) is 0 Å². The quantitative estimate of drug-likeness (QED) is 0.583. The standard InChI is InChI=1S/C14H15N3.C2H2O4/c15-6-5-9-1-3-13-11(7-9)12-8-10(16)2-4-14(12)17-13;3-1(4)2(5)6/h1,3,7,10,17H,2,4-5,8,16H2;(H,3,4)(H,5,6). The highest BCUT2D eigenvalue weighted by atomic mass is 16.4. The first-order chi connectivity index (χ1) is 10.9. The van der Waals surface area contributed by atoms with E-state index in [0.29, 0.717) is 6.42 Å². The lowest BCUT2D eigenvalue weighted by Crippen LogP contribution is -2.27. The van der Waals surface area contributed by atoms with Gasteiger partial charge in [0.25, 0.3) is 0 Å². The van der Waals surface area contributed by atoms with E-state index in [9.17, 15) is 0 Å². The van der Waals surface area contributed by atoms with Gasteiger partial charge < -0.3 is 20.9 Å². The van der Waals surface area contributed by atoms with Gasteiger partial charge in [0.05, 0.1) is 12.5 Å². The van der Waals surface area contributed by atoms with Gasteiger partial charge in [-0.25, -0.2) is 9.59 Å². The first kappa shape index (κ1) is 16.5. The van der Waals surface area contributed by atoms with E-state index in [1.54, 1.807) is 0 Å². The second-order valence-corrected chi connectivity index (χ2v) is 5.41. The van der Waals surface area contributed by atoms with E-state index >= 15 is 0 Å². The summed E-state index contributed by atoms with van der Waals surface area (Å²) in [6.07, 6.45) is 3.52. The predicted octanol–water partition coefficient (Wildman–Crippen LogP) is 1.21. The summed E-state index contributed by atoms with van der Waals surface area (Å²) in [5.74, 6) is -3.65. The summed E-state index contributed by atoms with van der Waals surface area (Å²) in [5.41, 5.74) is 11.0. The molecule has 5 N–H and O–H groups in total. The summed E-state index contributed by atoms with van der Waals surface area (Å²) in [4.78, 5) is 21.7. The van der Waals surface area contributed by atoms with Crippen LogP contribution in [0.5, 0.6) is 0 Å². The molecule has 0 aliphatic heterocycles. The van der Waals surface area contributed by atoms with Crippen LogP contribution < -0.4 is 5.73 Å². The van der Waals surface area contributed by atoms with Gasteiger partial charge in [0.2, 0.25) is 0 Å². The van der Waals surface area contributed by atoms with Gasteiger partial charge in [0.15, 0.2) is 0 Å². The third kappa shape index (κ3) is 3.87. The van der Waals surface area contributed by atoms with E-state index in [-0.39, 0.29) is 6.04 Å². The van der Waals surface area contributed by atoms with Gasteiger partial charge in [0.1, 0.15) is 0 Å². The first-order valence-electron chi connectivity index (χ1n) is 7.13. The minimum atomic E-state index is -1.82. The monoisotopic (exact) mass is 315 g/mol. The van der Waals surface area contributed by atoms with Gasteiger partial charge in [-0.3, -0.25) is 0 Å². The number of aliphatic carboxylic acids is 2. The number of carboxylic acid groups (broad SMARTS) is 2. The Morgan fingerprint density at radius 2 is 2.04 bits per heavy atom. The Kier molecular flexibility index (Phi) is 4.98. The summed E-state index contributed by atoms with van der Waals surface area (Å²) in [6.45, 7) is 0. The molecule has 1 aromatic heterocycles. The van der Waals surface area contributed by atoms with Crippen molar-refractivity contribution in [1.82, 2.24) is 4.98 Å². The van der Waals surface area contributed by atoms with E-state index in [1.165, 1.54) is 22.2 Å². The number of hydrogen-bond acceptors (Lipinski definition) is 4. The topological polar surface area (TPSA) is 140 Å². The number of fused-ring (bicyclic) bond motifs is 3. The Morgan fingerprint density at radius 3 is 2.65 bits per heavy atom. The zero-order valence-corrected chi connectivity index (χ0v) is 12.4. The predicted molar refractivity (Wildman–Crippen MR) is 82.9 cm³/mol. The molecule has 3 rings (SSSR count). The number of aryl methyl sites for hydroxylation is 1. The van der Waals surface area contributed by atoms with Gasteiger partial charge in [-0.2, -0.15) is 5.26 Å². The van der Waals surface area contributed by atoms with Gasteiger partial charge in [-0.15, -0.1) is 0 Å². The molecule has 2 aromatic rings. The van der Waals surface area contributed by atoms with Crippen LogP contribution in [-0.4, -0.2) is 33.2 Å². The van der Waals surface area contributed by atoms with Crippen molar-refractivity contribution in [2.75, 3.05) is 0 Å². The summed E-state index contributed by atoms with van der Waals surface area (Å²) in [6, 6.07) is 8.70. The highest BCUT2D eigenvalue weighted by molar-refractivity contribution is 6.27. The zero-order valence-electron chi connectivity index (χ0n) is 12.4. The van der Waals surface area contributed by atoms with Crippen LogP contribution in [0.25, 0.3) is 10.9 Å². The number of hydrogen-bond donors (Lipinski definition) is 4. The SMILES string of the molecule is N#CCc1ccc2[nH]c3c(c2c1)CC(N)CC3.O=C(O)C(=O)O. The van der Waals surface area contributed by atoms with E-state index in [4.69, 9.17) is 30.8 Å². The molecule has 1 aromatic carbocycles. The van der Waals surface area contributed by atoms with Crippen molar-refractivity contribution in [3.05, 3.63) is 35.0 Å². The number of nitrogens with one attached hydrogen (secondary N) is 1. The fourth-order valence-electron chi connectivity index (χ4n) is 2.69. The van der Waals surface area contributed by atoms with Gasteiger partial charge >= 0.3 is 11.9 Å². The van der Waals surface area contributed by atoms with Crippen LogP contribution in [0.15, 0.2) is 18.2 Å². The Bertz CT molecular complexity index is 776. The molecule has 7 heteroatoms. The number of nitrogens with zero attached hydrogens (tertiary/aromatic N) is 1. The number of rotatable bonds is 1. The molecular weight excluding hydrogens is 298 g/mol. The Hall–Kier alpha value is -2.85. The second-order valence-electron chi connectivity index (χ2n) is 5.41. The lowest BCUT2D eigenvalue weighted by atomic mass is 9.91. The van der Waals surface area contributed by atoms with Crippen LogP contribution in [0.2, 0.25) is 0 Å².